The highest BCUT2D eigenvalue weighted by Crippen LogP contribution is 2.47. The SMILES string of the molecule is CC(C)(C)OC(=O)N1CCOC(c2ccc(-n3c(Cl)cc4c(=O)n(CC5(O)CCN(C(=O)C6(C)CC6)CC5)cnc43)cc2)C1. The molecule has 1 saturated carbocycles. The molecule has 1 atom stereocenters. The predicted octanol–water partition coefficient (Wildman–Crippen LogP) is 4.30. The summed E-state index contributed by atoms with van der Waals surface area (Å²) < 4.78 is 14.6. The van der Waals surface area contributed by atoms with Crippen molar-refractivity contribution in [2.45, 2.75) is 77.2 Å². The molecule has 2 saturated heterocycles. The molecule has 1 aromatic carbocycles. The van der Waals surface area contributed by atoms with Gasteiger partial charge in [0.1, 0.15) is 23.2 Å². The Kier molecular flexibility index (Phi) is 7.78. The van der Waals surface area contributed by atoms with Gasteiger partial charge in [-0.1, -0.05) is 30.7 Å². The molecule has 1 aliphatic carbocycles. The van der Waals surface area contributed by atoms with Gasteiger partial charge in [0.25, 0.3) is 5.56 Å². The molecule has 3 aliphatic rings. The maximum Gasteiger partial charge on any atom is 0.410 e. The van der Waals surface area contributed by atoms with Gasteiger partial charge in [-0.25, -0.2) is 9.78 Å². The minimum atomic E-state index is -1.11. The van der Waals surface area contributed by atoms with Crippen molar-refractivity contribution >= 4 is 34.6 Å². The number of carbonyl (C=O) groups is 2. The first-order valence-electron chi connectivity index (χ1n) is 15.2. The fourth-order valence-corrected chi connectivity index (χ4v) is 6.30. The van der Waals surface area contributed by atoms with Crippen molar-refractivity contribution in [3.05, 3.63) is 57.7 Å². The van der Waals surface area contributed by atoms with Gasteiger partial charge in [0, 0.05) is 30.7 Å². The van der Waals surface area contributed by atoms with E-state index in [0.29, 0.717) is 61.8 Å². The summed E-state index contributed by atoms with van der Waals surface area (Å²) in [4.78, 5) is 46.9. The fourth-order valence-electron chi connectivity index (χ4n) is 6.01. The summed E-state index contributed by atoms with van der Waals surface area (Å²) in [6.45, 7) is 9.80. The molecule has 11 nitrogen and oxygen atoms in total. The van der Waals surface area contributed by atoms with Crippen molar-refractivity contribution in [3.8, 4) is 5.69 Å². The Morgan fingerprint density at radius 1 is 1.09 bits per heavy atom. The number of amides is 2. The molecule has 6 rings (SSSR count). The zero-order chi connectivity index (χ0) is 31.4. The summed E-state index contributed by atoms with van der Waals surface area (Å²) >= 11 is 6.63. The average molecular weight is 626 g/mol. The number of fused-ring (bicyclic) bond motifs is 1. The molecule has 236 valence electrons. The normalized spacial score (nSPS) is 21.4. The summed E-state index contributed by atoms with van der Waals surface area (Å²) in [7, 11) is 0. The third-order valence-corrected chi connectivity index (χ3v) is 9.22. The Hall–Kier alpha value is -3.41. The van der Waals surface area contributed by atoms with Crippen LogP contribution in [0.1, 0.15) is 65.0 Å². The van der Waals surface area contributed by atoms with Crippen LogP contribution in [0.5, 0.6) is 0 Å². The molecule has 0 spiro atoms. The number of morpholine rings is 1. The highest BCUT2D eigenvalue weighted by Gasteiger charge is 2.48. The number of aliphatic hydroxyl groups is 1. The van der Waals surface area contributed by atoms with Crippen LogP contribution < -0.4 is 5.56 Å². The molecular formula is C32H40ClN5O6. The number of piperidine rings is 1. The number of aromatic nitrogens is 3. The van der Waals surface area contributed by atoms with Crippen LogP contribution in [0.4, 0.5) is 4.79 Å². The number of nitrogens with zero attached hydrogens (tertiary/aromatic N) is 5. The molecule has 2 aliphatic heterocycles. The zero-order valence-electron chi connectivity index (χ0n) is 25.7. The molecule has 3 fully saturated rings. The lowest BCUT2D eigenvalue weighted by Gasteiger charge is -2.39. The van der Waals surface area contributed by atoms with Crippen molar-refractivity contribution in [2.24, 2.45) is 5.41 Å². The van der Waals surface area contributed by atoms with Gasteiger partial charge in [0.15, 0.2) is 5.65 Å². The van der Waals surface area contributed by atoms with Gasteiger partial charge in [0.2, 0.25) is 5.91 Å². The maximum absolute atomic E-state index is 13.5. The van der Waals surface area contributed by atoms with Crippen LogP contribution in [0.2, 0.25) is 5.15 Å². The van der Waals surface area contributed by atoms with E-state index in [2.05, 4.69) is 4.98 Å². The number of rotatable bonds is 5. The van der Waals surface area contributed by atoms with E-state index < -0.39 is 11.2 Å². The zero-order valence-corrected chi connectivity index (χ0v) is 26.5. The molecular weight excluding hydrogens is 586 g/mol. The highest BCUT2D eigenvalue weighted by atomic mass is 35.5. The van der Waals surface area contributed by atoms with E-state index in [1.807, 2.05) is 56.9 Å². The number of benzene rings is 1. The molecule has 44 heavy (non-hydrogen) atoms. The average Bonchev–Trinajstić information content (AvgIpc) is 3.64. The van der Waals surface area contributed by atoms with E-state index in [1.165, 1.54) is 10.9 Å². The van der Waals surface area contributed by atoms with E-state index in [0.717, 1.165) is 24.1 Å². The molecule has 1 N–H and O–H groups in total. The van der Waals surface area contributed by atoms with Crippen molar-refractivity contribution in [3.63, 3.8) is 0 Å². The number of carbonyl (C=O) groups excluding carboxylic acids is 2. The number of hydrogen-bond acceptors (Lipinski definition) is 7. The van der Waals surface area contributed by atoms with E-state index in [-0.39, 0.29) is 35.6 Å². The van der Waals surface area contributed by atoms with Crippen molar-refractivity contribution < 1.29 is 24.2 Å². The Morgan fingerprint density at radius 2 is 1.77 bits per heavy atom. The molecule has 12 heteroatoms. The molecule has 3 aromatic rings. The Balaban J connectivity index is 1.16. The van der Waals surface area contributed by atoms with Crippen molar-refractivity contribution in [1.29, 1.82) is 0 Å². The maximum atomic E-state index is 13.5. The van der Waals surface area contributed by atoms with Crippen LogP contribution in [0, 0.1) is 5.41 Å². The van der Waals surface area contributed by atoms with Gasteiger partial charge in [-0.2, -0.15) is 0 Å². The van der Waals surface area contributed by atoms with Crippen LogP contribution in [-0.4, -0.2) is 85.0 Å². The lowest BCUT2D eigenvalue weighted by Crippen LogP contribution is -2.51. The van der Waals surface area contributed by atoms with Crippen LogP contribution >= 0.6 is 11.6 Å². The number of halogens is 1. The second-order valence-corrected chi connectivity index (χ2v) is 14.1. The van der Waals surface area contributed by atoms with E-state index in [4.69, 9.17) is 21.1 Å². The summed E-state index contributed by atoms with van der Waals surface area (Å²) in [5, 5.41) is 12.0. The standard InChI is InChI=1S/C32H40ClN5O6/c1-30(2,3)44-29(41)36-15-16-43-24(18-36)21-5-7-22(8-6-21)38-25(33)17-23-26(38)34-20-37(27(23)39)19-32(42)11-13-35(14-12-32)28(40)31(4)9-10-31/h5-8,17,20,24,42H,9-16,18-19H2,1-4H3. The third-order valence-electron chi connectivity index (χ3n) is 8.94. The largest absolute Gasteiger partial charge is 0.444 e. The summed E-state index contributed by atoms with van der Waals surface area (Å²) in [5.41, 5.74) is -0.170. The van der Waals surface area contributed by atoms with Gasteiger partial charge in [0.05, 0.1) is 30.7 Å². The lowest BCUT2D eigenvalue weighted by atomic mass is 9.90. The Bertz CT molecular complexity index is 1630. The van der Waals surface area contributed by atoms with Crippen LogP contribution in [-0.2, 0) is 20.8 Å². The van der Waals surface area contributed by atoms with Gasteiger partial charge in [-0.15, -0.1) is 0 Å². The van der Waals surface area contributed by atoms with Crippen molar-refractivity contribution in [1.82, 2.24) is 23.9 Å². The van der Waals surface area contributed by atoms with Crippen LogP contribution in [0.3, 0.4) is 0 Å². The molecule has 4 heterocycles. The number of ether oxygens (including phenoxy) is 2. The first kappa shape index (κ1) is 30.6. The number of likely N-dealkylation sites (tertiary alicyclic amines) is 1. The lowest BCUT2D eigenvalue weighted by molar-refractivity contribution is -0.141. The van der Waals surface area contributed by atoms with E-state index in [9.17, 15) is 19.5 Å². The first-order chi connectivity index (χ1) is 20.8. The first-order valence-corrected chi connectivity index (χ1v) is 15.6. The predicted molar refractivity (Wildman–Crippen MR) is 165 cm³/mol. The monoisotopic (exact) mass is 625 g/mol. The third kappa shape index (κ3) is 6.09. The summed E-state index contributed by atoms with van der Waals surface area (Å²) in [6.07, 6.45) is 3.42. The smallest absolute Gasteiger partial charge is 0.410 e. The molecule has 0 bridgehead atoms. The molecule has 2 amide bonds. The van der Waals surface area contributed by atoms with Crippen molar-refractivity contribution in [2.75, 3.05) is 32.8 Å². The molecule has 0 radical (unpaired) electrons. The van der Waals surface area contributed by atoms with Crippen LogP contribution in [0.15, 0.2) is 41.5 Å². The molecule has 2 aromatic heterocycles. The van der Waals surface area contributed by atoms with Gasteiger partial charge < -0.3 is 24.4 Å². The second-order valence-electron chi connectivity index (χ2n) is 13.7. The van der Waals surface area contributed by atoms with E-state index >= 15 is 0 Å². The minimum absolute atomic E-state index is 0.0905. The van der Waals surface area contributed by atoms with E-state index in [1.54, 1.807) is 15.5 Å². The van der Waals surface area contributed by atoms with Crippen LogP contribution in [0.25, 0.3) is 16.7 Å². The van der Waals surface area contributed by atoms with Gasteiger partial charge in [-0.05, 0) is 70.2 Å². The summed E-state index contributed by atoms with van der Waals surface area (Å²) in [5.74, 6) is 0.165. The topological polar surface area (TPSA) is 119 Å². The fraction of sp³-hybridized carbons (Fsp3) is 0.562. The number of hydrogen-bond donors (Lipinski definition) is 1. The Morgan fingerprint density at radius 3 is 2.41 bits per heavy atom. The van der Waals surface area contributed by atoms with Gasteiger partial charge in [-0.3, -0.25) is 18.7 Å². The molecule has 1 unspecified atom stereocenters. The second kappa shape index (κ2) is 11.2. The quantitative estimate of drug-likeness (QED) is 0.449. The highest BCUT2D eigenvalue weighted by molar-refractivity contribution is 6.31. The minimum Gasteiger partial charge on any atom is -0.444 e. The summed E-state index contributed by atoms with van der Waals surface area (Å²) in [6, 6.07) is 9.19. The van der Waals surface area contributed by atoms with Gasteiger partial charge >= 0.3 is 6.09 Å². The Labute approximate surface area is 261 Å².